The Bertz CT molecular complexity index is 1960. The Hall–Kier alpha value is -3.20. The monoisotopic (exact) mass is 783 g/mol. The van der Waals surface area contributed by atoms with E-state index in [2.05, 4.69) is 4.98 Å². The largest absolute Gasteiger partial charge is 0.495 e. The normalized spacial score (nSPS) is 13.1. The maximum absolute atomic E-state index is 15.7. The fourth-order valence-electron chi connectivity index (χ4n) is 5.64. The number of halogens is 4. The van der Waals surface area contributed by atoms with Crippen LogP contribution >= 0.6 is 35.0 Å². The summed E-state index contributed by atoms with van der Waals surface area (Å²) in [6, 6.07) is 12.0. The molecule has 0 saturated heterocycles. The number of aromatic nitrogens is 2. The number of thioether (sulfide) groups is 1. The molecule has 15 heteroatoms. The molecule has 1 heterocycles. The summed E-state index contributed by atoms with van der Waals surface area (Å²) in [5.74, 6) is -2.11. The van der Waals surface area contributed by atoms with Crippen LogP contribution in [0.1, 0.15) is 49.9 Å². The number of imidazole rings is 1. The van der Waals surface area contributed by atoms with Gasteiger partial charge in [-0.2, -0.15) is 4.31 Å². The zero-order valence-electron chi connectivity index (χ0n) is 29.6. The van der Waals surface area contributed by atoms with Crippen molar-refractivity contribution in [2.75, 3.05) is 41.8 Å². The summed E-state index contributed by atoms with van der Waals surface area (Å²) in [5, 5.41) is 10.6. The molecule has 0 amide bonds. The van der Waals surface area contributed by atoms with Gasteiger partial charge in [-0.3, -0.25) is 9.36 Å². The standard InChI is InChI=1S/C36H42Cl2F2N4O5S2/c1-36(2,23-11-16-28(37)32(18-23)49-7)33-21-41-35(43(33)25-14-12-24(39)13-15-25)50-22-27-29(38)19-26(20-30(27)40)51(47,48)42(3)31(34(45)46)10-8-9-17-44(4,5)6/h11-16,18-21,31H,8-10,17,22H2,1-7H3/p+1/t31-/m0/s1. The van der Waals surface area contributed by atoms with Crippen molar-refractivity contribution in [1.82, 2.24) is 13.9 Å². The molecular weight excluding hydrogens is 741 g/mol. The van der Waals surface area contributed by atoms with Gasteiger partial charge in [-0.05, 0) is 73.4 Å². The van der Waals surface area contributed by atoms with Crippen molar-refractivity contribution in [2.24, 2.45) is 0 Å². The zero-order chi connectivity index (χ0) is 37.9. The number of quaternary nitrogens is 1. The lowest BCUT2D eigenvalue weighted by Crippen LogP contribution is -2.42. The van der Waals surface area contributed by atoms with Gasteiger partial charge in [0.1, 0.15) is 23.4 Å². The second kappa shape index (κ2) is 16.2. The molecule has 0 spiro atoms. The topological polar surface area (TPSA) is 102 Å². The molecule has 1 atom stereocenters. The van der Waals surface area contributed by atoms with E-state index in [9.17, 15) is 22.7 Å². The molecule has 0 unspecified atom stereocenters. The van der Waals surface area contributed by atoms with Gasteiger partial charge in [-0.15, -0.1) is 0 Å². The van der Waals surface area contributed by atoms with Crippen molar-refractivity contribution in [3.8, 4) is 11.4 Å². The zero-order valence-corrected chi connectivity index (χ0v) is 32.7. The molecule has 0 radical (unpaired) electrons. The minimum Gasteiger partial charge on any atom is -0.495 e. The number of unbranched alkanes of at least 4 members (excludes halogenated alkanes) is 1. The van der Waals surface area contributed by atoms with E-state index in [-0.39, 0.29) is 22.8 Å². The van der Waals surface area contributed by atoms with E-state index in [0.29, 0.717) is 38.9 Å². The molecule has 0 aliphatic rings. The second-order valence-electron chi connectivity index (χ2n) is 13.8. The molecule has 4 aromatic rings. The summed E-state index contributed by atoms with van der Waals surface area (Å²) in [4.78, 5) is 16.3. The third kappa shape index (κ3) is 9.43. The van der Waals surface area contributed by atoms with Gasteiger partial charge in [0.15, 0.2) is 5.16 Å². The SMILES string of the molecule is COc1cc(C(C)(C)c2cnc(SCc3c(F)cc(S(=O)(=O)N(C)[C@@H](CCCC[N+](C)(C)C)C(=O)O)cc3Cl)n2-c2ccc(F)cc2)ccc1Cl. The Morgan fingerprint density at radius 1 is 1.06 bits per heavy atom. The first kappa shape index (κ1) is 40.6. The summed E-state index contributed by atoms with van der Waals surface area (Å²) in [7, 11) is 4.34. The van der Waals surface area contributed by atoms with Crippen molar-refractivity contribution < 1.29 is 36.3 Å². The number of rotatable bonds is 16. The van der Waals surface area contributed by atoms with Crippen LogP contribution in [0, 0.1) is 11.6 Å². The van der Waals surface area contributed by atoms with Crippen LogP contribution in [0.4, 0.5) is 8.78 Å². The highest BCUT2D eigenvalue weighted by molar-refractivity contribution is 7.98. The maximum atomic E-state index is 15.7. The van der Waals surface area contributed by atoms with E-state index in [0.717, 1.165) is 46.0 Å². The Labute approximate surface area is 312 Å². The van der Waals surface area contributed by atoms with Gasteiger partial charge in [0, 0.05) is 34.5 Å². The molecule has 1 aromatic heterocycles. The fourth-order valence-corrected chi connectivity index (χ4v) is 8.66. The molecular formula is C36H43Cl2F2N4O5S2+. The van der Waals surface area contributed by atoms with Gasteiger partial charge in [0.05, 0.1) is 56.6 Å². The number of carbonyl (C=O) groups is 1. The Kier molecular flexibility index (Phi) is 12.9. The number of likely N-dealkylation sites (N-methyl/N-ethyl adjacent to an activating group) is 1. The molecule has 9 nitrogen and oxygen atoms in total. The second-order valence-corrected chi connectivity index (χ2v) is 17.5. The van der Waals surface area contributed by atoms with Crippen molar-refractivity contribution >= 4 is 51.0 Å². The summed E-state index contributed by atoms with van der Waals surface area (Å²) >= 11 is 14.0. The first-order valence-electron chi connectivity index (χ1n) is 16.1. The van der Waals surface area contributed by atoms with Crippen LogP contribution in [0.15, 0.2) is 70.8 Å². The first-order chi connectivity index (χ1) is 23.8. The van der Waals surface area contributed by atoms with E-state index < -0.39 is 44.0 Å². The van der Waals surface area contributed by atoms with E-state index in [1.54, 1.807) is 24.4 Å². The smallest absolute Gasteiger partial charge is 0.322 e. The molecule has 0 aliphatic heterocycles. The van der Waals surface area contributed by atoms with Crippen molar-refractivity contribution in [1.29, 1.82) is 0 Å². The first-order valence-corrected chi connectivity index (χ1v) is 19.3. The number of hydrogen-bond donors (Lipinski definition) is 1. The minimum atomic E-state index is -4.42. The van der Waals surface area contributed by atoms with Gasteiger partial charge in [0.25, 0.3) is 0 Å². The molecule has 0 saturated carbocycles. The molecule has 3 aromatic carbocycles. The molecule has 4 rings (SSSR count). The van der Waals surface area contributed by atoms with Crippen LogP contribution in [0.5, 0.6) is 5.75 Å². The minimum absolute atomic E-state index is 0.0300. The molecule has 276 valence electrons. The third-order valence-electron chi connectivity index (χ3n) is 8.75. The van der Waals surface area contributed by atoms with Crippen molar-refractivity contribution in [3.63, 3.8) is 0 Å². The number of carboxylic acid groups (broad SMARTS) is 1. The summed E-state index contributed by atoms with van der Waals surface area (Å²) in [5.41, 5.74) is 1.59. The highest BCUT2D eigenvalue weighted by Gasteiger charge is 2.34. The lowest BCUT2D eigenvalue weighted by molar-refractivity contribution is -0.870. The van der Waals surface area contributed by atoms with Crippen LogP contribution < -0.4 is 4.74 Å². The van der Waals surface area contributed by atoms with Crippen LogP contribution in [0.3, 0.4) is 0 Å². The van der Waals surface area contributed by atoms with Gasteiger partial charge in [0.2, 0.25) is 10.0 Å². The number of hydrogen-bond acceptors (Lipinski definition) is 6. The van der Waals surface area contributed by atoms with Crippen LogP contribution in [-0.4, -0.2) is 85.7 Å². The van der Waals surface area contributed by atoms with E-state index in [1.165, 1.54) is 26.3 Å². The number of nitrogens with zero attached hydrogens (tertiary/aromatic N) is 4. The van der Waals surface area contributed by atoms with Crippen LogP contribution in [0.25, 0.3) is 5.69 Å². The Morgan fingerprint density at radius 2 is 1.73 bits per heavy atom. The number of carboxylic acids is 1. The number of sulfonamides is 1. The van der Waals surface area contributed by atoms with Crippen LogP contribution in [0.2, 0.25) is 10.0 Å². The molecule has 51 heavy (non-hydrogen) atoms. The Morgan fingerprint density at radius 3 is 2.31 bits per heavy atom. The maximum Gasteiger partial charge on any atom is 0.322 e. The van der Waals surface area contributed by atoms with E-state index in [4.69, 9.17) is 27.9 Å². The average Bonchev–Trinajstić information content (AvgIpc) is 3.48. The summed E-state index contributed by atoms with van der Waals surface area (Å²) < 4.78 is 65.5. The van der Waals surface area contributed by atoms with Crippen LogP contribution in [-0.2, 0) is 26.0 Å². The van der Waals surface area contributed by atoms with E-state index in [1.807, 2.05) is 51.7 Å². The number of aliphatic carboxylic acids is 1. The van der Waals surface area contributed by atoms with Crippen molar-refractivity contribution in [2.45, 2.75) is 60.4 Å². The lowest BCUT2D eigenvalue weighted by Gasteiger charge is -2.28. The molecule has 0 bridgehead atoms. The van der Waals surface area contributed by atoms with Gasteiger partial charge in [-0.1, -0.05) is 54.9 Å². The predicted octanol–water partition coefficient (Wildman–Crippen LogP) is 8.03. The third-order valence-corrected chi connectivity index (χ3v) is 12.2. The Balaban J connectivity index is 1.64. The summed E-state index contributed by atoms with van der Waals surface area (Å²) in [6.45, 7) is 4.78. The lowest BCUT2D eigenvalue weighted by atomic mass is 9.81. The average molecular weight is 785 g/mol. The quantitative estimate of drug-likeness (QED) is 0.0698. The van der Waals surface area contributed by atoms with Gasteiger partial charge < -0.3 is 14.3 Å². The predicted molar refractivity (Wildman–Crippen MR) is 198 cm³/mol. The summed E-state index contributed by atoms with van der Waals surface area (Å²) in [6.07, 6.45) is 3.00. The molecule has 0 fully saturated rings. The number of methoxy groups -OCH3 is 1. The molecule has 0 aliphatic carbocycles. The highest BCUT2D eigenvalue weighted by atomic mass is 35.5. The van der Waals surface area contributed by atoms with Crippen molar-refractivity contribution in [3.05, 3.63) is 99.3 Å². The molecule has 1 N–H and O–H groups in total. The van der Waals surface area contributed by atoms with E-state index >= 15 is 4.39 Å². The fraction of sp³-hybridized carbons (Fsp3) is 0.389. The van der Waals surface area contributed by atoms with Gasteiger partial charge in [-0.25, -0.2) is 22.2 Å². The number of benzene rings is 3. The van der Waals surface area contributed by atoms with Gasteiger partial charge >= 0.3 is 5.97 Å². The highest BCUT2D eigenvalue weighted by Crippen LogP contribution is 2.40. The number of ether oxygens (including phenoxy) is 1.